The van der Waals surface area contributed by atoms with E-state index in [-0.39, 0.29) is 4.90 Å². The van der Waals surface area contributed by atoms with Crippen molar-refractivity contribution in [2.24, 2.45) is 0 Å². The molecule has 4 rings (SSSR count). The van der Waals surface area contributed by atoms with Gasteiger partial charge in [0.2, 0.25) is 0 Å². The average molecular weight is 383 g/mol. The third kappa shape index (κ3) is 2.77. The van der Waals surface area contributed by atoms with Crippen LogP contribution in [-0.4, -0.2) is 15.5 Å². The van der Waals surface area contributed by atoms with Crippen molar-refractivity contribution >= 4 is 15.7 Å². The van der Waals surface area contributed by atoms with Gasteiger partial charge in [0, 0.05) is 5.56 Å². The molecular weight excluding hydrogens is 365 g/mol. The number of hydrogen-bond donors (Lipinski definition) is 0. The van der Waals surface area contributed by atoms with Crippen molar-refractivity contribution in [1.29, 1.82) is 0 Å². The van der Waals surface area contributed by atoms with Crippen molar-refractivity contribution in [2.45, 2.75) is 17.9 Å². The molecule has 0 amide bonds. The largest absolute Gasteiger partial charge is 0.497 e. The number of ether oxygens (including phenoxy) is 1. The SMILES string of the molecule is COc1ccc(S(=O)(=O)N2c3ccc(F)cc3-c3ccccc3C2C)cc1. The lowest BCUT2D eigenvalue weighted by molar-refractivity contribution is 0.414. The maximum Gasteiger partial charge on any atom is 0.264 e. The van der Waals surface area contributed by atoms with E-state index in [2.05, 4.69) is 0 Å². The number of rotatable bonds is 3. The molecule has 0 spiro atoms. The Hall–Kier alpha value is -2.86. The Bertz CT molecular complexity index is 1110. The number of hydrogen-bond acceptors (Lipinski definition) is 3. The van der Waals surface area contributed by atoms with E-state index < -0.39 is 21.9 Å². The first-order valence-corrected chi connectivity index (χ1v) is 9.95. The molecule has 0 radical (unpaired) electrons. The molecule has 0 saturated carbocycles. The van der Waals surface area contributed by atoms with Crippen LogP contribution >= 0.6 is 0 Å². The minimum atomic E-state index is -3.85. The Morgan fingerprint density at radius 3 is 2.37 bits per heavy atom. The summed E-state index contributed by atoms with van der Waals surface area (Å²) in [7, 11) is -2.32. The Labute approximate surface area is 157 Å². The summed E-state index contributed by atoms with van der Waals surface area (Å²) in [6, 6.07) is 17.5. The predicted molar refractivity (Wildman–Crippen MR) is 103 cm³/mol. The van der Waals surface area contributed by atoms with Gasteiger partial charge in [0.05, 0.1) is 23.7 Å². The van der Waals surface area contributed by atoms with Crippen LogP contribution in [0.25, 0.3) is 11.1 Å². The summed E-state index contributed by atoms with van der Waals surface area (Å²) >= 11 is 0. The summed E-state index contributed by atoms with van der Waals surface area (Å²) in [5, 5.41) is 0. The van der Waals surface area contributed by atoms with Crippen molar-refractivity contribution in [3.8, 4) is 16.9 Å². The smallest absolute Gasteiger partial charge is 0.264 e. The van der Waals surface area contributed by atoms with Gasteiger partial charge in [-0.2, -0.15) is 0 Å². The van der Waals surface area contributed by atoms with E-state index in [1.807, 2.05) is 31.2 Å². The fourth-order valence-corrected chi connectivity index (χ4v) is 5.21. The third-order valence-corrected chi connectivity index (χ3v) is 6.76. The molecule has 0 saturated heterocycles. The van der Waals surface area contributed by atoms with Crippen molar-refractivity contribution in [3.05, 3.63) is 78.1 Å². The van der Waals surface area contributed by atoms with E-state index >= 15 is 0 Å². The summed E-state index contributed by atoms with van der Waals surface area (Å²) < 4.78 is 47.3. The number of fused-ring (bicyclic) bond motifs is 3. The first-order chi connectivity index (χ1) is 12.9. The van der Waals surface area contributed by atoms with E-state index in [1.165, 1.54) is 41.7 Å². The van der Waals surface area contributed by atoms with Gasteiger partial charge >= 0.3 is 0 Å². The molecule has 4 nitrogen and oxygen atoms in total. The van der Waals surface area contributed by atoms with Gasteiger partial charge in [-0.05, 0) is 60.5 Å². The Morgan fingerprint density at radius 2 is 1.67 bits per heavy atom. The second-order valence-corrected chi connectivity index (χ2v) is 8.22. The second-order valence-electron chi connectivity index (χ2n) is 6.40. The molecule has 27 heavy (non-hydrogen) atoms. The van der Waals surface area contributed by atoms with E-state index in [4.69, 9.17) is 4.74 Å². The highest BCUT2D eigenvalue weighted by Crippen LogP contribution is 2.47. The van der Waals surface area contributed by atoms with Gasteiger partial charge in [0.15, 0.2) is 0 Å². The molecular formula is C21H18FNO3S. The normalized spacial score (nSPS) is 15.8. The number of anilines is 1. The van der Waals surface area contributed by atoms with Crippen LogP contribution in [0.15, 0.2) is 71.6 Å². The standard InChI is InChI=1S/C21H18FNO3S/c1-14-18-5-3-4-6-19(18)20-13-15(22)7-12-21(20)23(14)27(24,25)17-10-8-16(26-2)9-11-17/h3-14H,1-2H3. The summed E-state index contributed by atoms with van der Waals surface area (Å²) in [4.78, 5) is 0.157. The zero-order valence-electron chi connectivity index (χ0n) is 14.9. The molecule has 1 aliphatic rings. The van der Waals surface area contributed by atoms with Gasteiger partial charge in [-0.15, -0.1) is 0 Å². The fraction of sp³-hybridized carbons (Fsp3) is 0.143. The molecule has 1 aliphatic heterocycles. The van der Waals surface area contributed by atoms with Gasteiger partial charge in [0.1, 0.15) is 11.6 Å². The minimum absolute atomic E-state index is 0.157. The van der Waals surface area contributed by atoms with E-state index in [1.54, 1.807) is 12.1 Å². The van der Waals surface area contributed by atoms with Crippen LogP contribution in [0.1, 0.15) is 18.5 Å². The second kappa shape index (κ2) is 6.39. The average Bonchev–Trinajstić information content (AvgIpc) is 2.68. The van der Waals surface area contributed by atoms with Crippen LogP contribution in [0.4, 0.5) is 10.1 Å². The monoisotopic (exact) mass is 383 g/mol. The zero-order chi connectivity index (χ0) is 19.2. The Morgan fingerprint density at radius 1 is 0.963 bits per heavy atom. The maximum atomic E-state index is 13.9. The molecule has 0 fully saturated rings. The van der Waals surface area contributed by atoms with Gasteiger partial charge < -0.3 is 4.74 Å². The first kappa shape index (κ1) is 17.5. The molecule has 1 heterocycles. The van der Waals surface area contributed by atoms with Crippen LogP contribution in [0, 0.1) is 5.82 Å². The van der Waals surface area contributed by atoms with Crippen LogP contribution in [-0.2, 0) is 10.0 Å². The van der Waals surface area contributed by atoms with Crippen molar-refractivity contribution in [1.82, 2.24) is 0 Å². The van der Waals surface area contributed by atoms with Gasteiger partial charge in [-0.3, -0.25) is 4.31 Å². The van der Waals surface area contributed by atoms with Crippen LogP contribution in [0.2, 0.25) is 0 Å². The molecule has 6 heteroatoms. The molecule has 1 atom stereocenters. The number of methoxy groups -OCH3 is 1. The molecule has 138 valence electrons. The topological polar surface area (TPSA) is 46.6 Å². The Kier molecular flexibility index (Phi) is 4.15. The number of halogens is 1. The van der Waals surface area contributed by atoms with E-state index in [9.17, 15) is 12.8 Å². The highest BCUT2D eigenvalue weighted by molar-refractivity contribution is 7.92. The lowest BCUT2D eigenvalue weighted by Crippen LogP contribution is -2.36. The lowest BCUT2D eigenvalue weighted by atomic mass is 9.90. The lowest BCUT2D eigenvalue weighted by Gasteiger charge is -2.37. The molecule has 0 aliphatic carbocycles. The van der Waals surface area contributed by atoms with E-state index in [0.29, 0.717) is 17.0 Å². The quantitative estimate of drug-likeness (QED) is 0.654. The minimum Gasteiger partial charge on any atom is -0.497 e. The summed E-state index contributed by atoms with van der Waals surface area (Å²) in [5.74, 6) is 0.174. The molecule has 0 bridgehead atoms. The van der Waals surface area contributed by atoms with Gasteiger partial charge in [-0.1, -0.05) is 24.3 Å². The van der Waals surface area contributed by atoms with Crippen LogP contribution < -0.4 is 9.04 Å². The van der Waals surface area contributed by atoms with E-state index in [0.717, 1.165) is 11.1 Å². The molecule has 3 aromatic carbocycles. The van der Waals surface area contributed by atoms with Gasteiger partial charge in [-0.25, -0.2) is 12.8 Å². The Balaban J connectivity index is 1.92. The highest BCUT2D eigenvalue weighted by Gasteiger charge is 2.36. The van der Waals surface area contributed by atoms with Crippen molar-refractivity contribution in [3.63, 3.8) is 0 Å². The third-order valence-electron chi connectivity index (χ3n) is 4.87. The number of sulfonamides is 1. The molecule has 0 aromatic heterocycles. The van der Waals surface area contributed by atoms with Crippen LogP contribution in [0.5, 0.6) is 5.75 Å². The zero-order valence-corrected chi connectivity index (χ0v) is 15.7. The summed E-state index contributed by atoms with van der Waals surface area (Å²) in [6.07, 6.45) is 0. The number of nitrogens with zero attached hydrogens (tertiary/aromatic N) is 1. The maximum absolute atomic E-state index is 13.9. The van der Waals surface area contributed by atoms with Crippen molar-refractivity contribution < 1.29 is 17.5 Å². The van der Waals surface area contributed by atoms with Crippen molar-refractivity contribution in [2.75, 3.05) is 11.4 Å². The number of benzene rings is 3. The first-order valence-electron chi connectivity index (χ1n) is 8.51. The summed E-state index contributed by atoms with van der Waals surface area (Å²) in [5.41, 5.74) is 2.73. The molecule has 1 unspecified atom stereocenters. The predicted octanol–water partition coefficient (Wildman–Crippen LogP) is 4.77. The molecule has 3 aromatic rings. The van der Waals surface area contributed by atoms with Crippen LogP contribution in [0.3, 0.4) is 0 Å². The fourth-order valence-electron chi connectivity index (χ4n) is 3.56. The molecule has 0 N–H and O–H groups in total. The summed E-state index contributed by atoms with van der Waals surface area (Å²) in [6.45, 7) is 1.84. The van der Waals surface area contributed by atoms with Gasteiger partial charge in [0.25, 0.3) is 10.0 Å². The highest BCUT2D eigenvalue weighted by atomic mass is 32.2.